The molecular weight excluding hydrogens is 342 g/mol. The largest absolute Gasteiger partial charge is 0.351 e. The maximum Gasteiger partial charge on any atom is 0.314 e. The van der Waals surface area contributed by atoms with Crippen molar-refractivity contribution in [1.29, 1.82) is 0 Å². The molecule has 0 unspecified atom stereocenters. The fourth-order valence-corrected chi connectivity index (χ4v) is 3.27. The highest BCUT2D eigenvalue weighted by atomic mass is 16.2. The summed E-state index contributed by atoms with van der Waals surface area (Å²) < 4.78 is 0. The first-order valence-corrected chi connectivity index (χ1v) is 8.91. The van der Waals surface area contributed by atoms with Crippen LogP contribution in [0.5, 0.6) is 0 Å². The molecule has 0 bridgehead atoms. The number of anilines is 1. The lowest BCUT2D eigenvalue weighted by Gasteiger charge is -2.40. The number of hydrogen-bond acceptors (Lipinski definition) is 6. The third kappa shape index (κ3) is 3.59. The summed E-state index contributed by atoms with van der Waals surface area (Å²) in [5.41, 5.74) is 7.42. The Hall–Kier alpha value is -3.42. The molecule has 1 fully saturated rings. The van der Waals surface area contributed by atoms with Gasteiger partial charge in [-0.1, -0.05) is 30.3 Å². The van der Waals surface area contributed by atoms with Crippen molar-refractivity contribution >= 4 is 23.5 Å². The zero-order valence-electron chi connectivity index (χ0n) is 14.9. The zero-order valence-corrected chi connectivity index (χ0v) is 14.9. The number of primary amides is 1. The number of aliphatic imine (C=N–C) groups is 1. The van der Waals surface area contributed by atoms with E-state index in [0.717, 1.165) is 23.0 Å². The summed E-state index contributed by atoms with van der Waals surface area (Å²) in [5, 5.41) is 8.24. The molecule has 0 radical (unpaired) electrons. The van der Waals surface area contributed by atoms with Gasteiger partial charge in [-0.15, -0.1) is 5.10 Å². The van der Waals surface area contributed by atoms with Gasteiger partial charge in [-0.3, -0.25) is 4.90 Å². The Morgan fingerprint density at radius 1 is 1.00 bits per heavy atom. The van der Waals surface area contributed by atoms with Crippen LogP contribution >= 0.6 is 0 Å². The van der Waals surface area contributed by atoms with Crippen molar-refractivity contribution in [3.8, 4) is 0 Å². The molecule has 8 nitrogen and oxygen atoms in total. The number of piperazine rings is 1. The molecule has 1 aromatic heterocycles. The third-order valence-electron chi connectivity index (χ3n) is 4.71. The van der Waals surface area contributed by atoms with Crippen LogP contribution in [0.15, 0.2) is 59.7 Å². The molecule has 0 spiro atoms. The lowest BCUT2D eigenvalue weighted by molar-refractivity contribution is 0.177. The Bertz CT molecular complexity index is 858. The van der Waals surface area contributed by atoms with Gasteiger partial charge in [-0.25, -0.2) is 9.79 Å². The summed E-state index contributed by atoms with van der Waals surface area (Å²) in [6.45, 7) is 3.14. The Kier molecular flexibility index (Phi) is 4.69. The van der Waals surface area contributed by atoms with Crippen LogP contribution in [0.1, 0.15) is 5.56 Å². The lowest BCUT2D eigenvalue weighted by Crippen LogP contribution is -2.56. The normalized spacial score (nSPS) is 17.4. The van der Waals surface area contributed by atoms with E-state index in [9.17, 15) is 4.79 Å². The topological polar surface area (TPSA) is 91.0 Å². The molecule has 2 aliphatic rings. The highest BCUT2D eigenvalue weighted by molar-refractivity contribution is 6.00. The van der Waals surface area contributed by atoms with Crippen molar-refractivity contribution in [1.82, 2.24) is 20.0 Å². The fourth-order valence-electron chi connectivity index (χ4n) is 3.27. The Morgan fingerprint density at radius 3 is 2.44 bits per heavy atom. The van der Waals surface area contributed by atoms with E-state index in [2.05, 4.69) is 33.3 Å². The summed E-state index contributed by atoms with van der Waals surface area (Å²) in [5.74, 6) is 1.57. The number of aromatic nitrogens is 2. The van der Waals surface area contributed by atoms with Gasteiger partial charge in [0.2, 0.25) is 5.96 Å². The fraction of sp³-hybridized carbons (Fsp3) is 0.263. The molecule has 138 valence electrons. The number of urea groups is 1. The van der Waals surface area contributed by atoms with E-state index in [0.29, 0.717) is 32.7 Å². The van der Waals surface area contributed by atoms with E-state index in [1.165, 1.54) is 0 Å². The van der Waals surface area contributed by atoms with Crippen molar-refractivity contribution < 1.29 is 4.79 Å². The molecule has 2 aromatic rings. The van der Waals surface area contributed by atoms with Crippen LogP contribution in [0.3, 0.4) is 0 Å². The molecule has 4 rings (SSSR count). The van der Waals surface area contributed by atoms with Crippen molar-refractivity contribution in [3.63, 3.8) is 0 Å². The predicted octanol–water partition coefficient (Wildman–Crippen LogP) is 1.39. The Balaban J connectivity index is 1.64. The van der Waals surface area contributed by atoms with Gasteiger partial charge in [0, 0.05) is 38.9 Å². The number of rotatable bonds is 2. The second-order valence-corrected chi connectivity index (χ2v) is 6.37. The number of benzene rings is 1. The minimum Gasteiger partial charge on any atom is -0.351 e. The van der Waals surface area contributed by atoms with E-state index in [1.54, 1.807) is 11.1 Å². The first kappa shape index (κ1) is 17.0. The molecule has 1 aromatic carbocycles. The first-order chi connectivity index (χ1) is 13.2. The number of nitrogens with two attached hydrogens (primary N) is 1. The van der Waals surface area contributed by atoms with Crippen LogP contribution in [0, 0.1) is 0 Å². The van der Waals surface area contributed by atoms with Gasteiger partial charge in [0.15, 0.2) is 5.82 Å². The van der Waals surface area contributed by atoms with Crippen LogP contribution in [-0.4, -0.2) is 64.7 Å². The van der Waals surface area contributed by atoms with Crippen LogP contribution in [0.2, 0.25) is 0 Å². The highest BCUT2D eigenvalue weighted by Gasteiger charge is 2.28. The van der Waals surface area contributed by atoms with Gasteiger partial charge in [0.1, 0.15) is 0 Å². The Labute approximate surface area is 157 Å². The molecule has 0 saturated carbocycles. The number of guanidine groups is 1. The molecule has 3 heterocycles. The first-order valence-electron chi connectivity index (χ1n) is 8.91. The van der Waals surface area contributed by atoms with Gasteiger partial charge in [-0.2, -0.15) is 5.10 Å². The van der Waals surface area contributed by atoms with Gasteiger partial charge in [-0.05, 0) is 23.8 Å². The molecular formula is C19H21N7O. The van der Waals surface area contributed by atoms with Gasteiger partial charge in [0.25, 0.3) is 0 Å². The molecule has 1 saturated heterocycles. The molecule has 2 aliphatic heterocycles. The minimum absolute atomic E-state index is 0.379. The smallest absolute Gasteiger partial charge is 0.314 e. The standard InChI is InChI=1S/C19H21N7O/c20-18(27)24-11-13-25(14-12-24)19-22-16(15-5-2-1-3-6-15)8-10-26(19)17-7-4-9-21-23-17/h1-9H,10-14H2,(H2,20,27). The van der Waals surface area contributed by atoms with Gasteiger partial charge < -0.3 is 15.5 Å². The maximum atomic E-state index is 11.4. The number of hydrogen-bond donors (Lipinski definition) is 1. The van der Waals surface area contributed by atoms with E-state index in [4.69, 9.17) is 10.7 Å². The highest BCUT2D eigenvalue weighted by Crippen LogP contribution is 2.24. The van der Waals surface area contributed by atoms with Gasteiger partial charge >= 0.3 is 6.03 Å². The third-order valence-corrected chi connectivity index (χ3v) is 4.71. The average Bonchev–Trinajstić information content (AvgIpc) is 2.74. The van der Waals surface area contributed by atoms with E-state index < -0.39 is 0 Å². The van der Waals surface area contributed by atoms with Crippen molar-refractivity contribution in [2.75, 3.05) is 37.6 Å². The SMILES string of the molecule is NC(=O)N1CCN(C2=NC(c3ccccc3)=CCN2c2cccnn2)CC1. The predicted molar refractivity (Wildman–Crippen MR) is 104 cm³/mol. The summed E-state index contributed by atoms with van der Waals surface area (Å²) in [6, 6.07) is 13.5. The summed E-state index contributed by atoms with van der Waals surface area (Å²) >= 11 is 0. The summed E-state index contributed by atoms with van der Waals surface area (Å²) in [7, 11) is 0. The van der Waals surface area contributed by atoms with E-state index >= 15 is 0 Å². The van der Waals surface area contributed by atoms with E-state index in [-0.39, 0.29) is 6.03 Å². The van der Waals surface area contributed by atoms with Crippen LogP contribution in [0.4, 0.5) is 10.6 Å². The van der Waals surface area contributed by atoms with Crippen LogP contribution in [0.25, 0.3) is 5.70 Å². The summed E-state index contributed by atoms with van der Waals surface area (Å²) in [6.07, 6.45) is 3.74. The minimum atomic E-state index is -0.379. The van der Waals surface area contributed by atoms with Crippen LogP contribution in [-0.2, 0) is 0 Å². The second kappa shape index (κ2) is 7.45. The van der Waals surface area contributed by atoms with Crippen molar-refractivity contribution in [2.45, 2.75) is 0 Å². The molecule has 27 heavy (non-hydrogen) atoms. The number of amides is 2. The number of carbonyl (C=O) groups excluding carboxylic acids is 1. The van der Waals surface area contributed by atoms with Crippen molar-refractivity contribution in [2.24, 2.45) is 10.7 Å². The molecule has 0 atom stereocenters. The zero-order chi connectivity index (χ0) is 18.6. The monoisotopic (exact) mass is 363 g/mol. The van der Waals surface area contributed by atoms with Gasteiger partial charge in [0.05, 0.1) is 5.70 Å². The van der Waals surface area contributed by atoms with Crippen LogP contribution < -0.4 is 10.6 Å². The Morgan fingerprint density at radius 2 is 1.78 bits per heavy atom. The molecule has 2 N–H and O–H groups in total. The van der Waals surface area contributed by atoms with Crippen molar-refractivity contribution in [3.05, 3.63) is 60.3 Å². The molecule has 2 amide bonds. The number of carbonyl (C=O) groups is 1. The quantitative estimate of drug-likeness (QED) is 0.871. The second-order valence-electron chi connectivity index (χ2n) is 6.37. The summed E-state index contributed by atoms with van der Waals surface area (Å²) in [4.78, 5) is 22.2. The number of nitrogens with zero attached hydrogens (tertiary/aromatic N) is 6. The molecule has 8 heteroatoms. The molecule has 0 aliphatic carbocycles. The lowest BCUT2D eigenvalue weighted by atomic mass is 10.1. The van der Waals surface area contributed by atoms with E-state index in [1.807, 2.05) is 35.2 Å². The maximum absolute atomic E-state index is 11.4. The average molecular weight is 363 g/mol.